The number of nitrogens with two attached hydrogens (primary N) is 2. The van der Waals surface area contributed by atoms with Crippen LogP contribution in [-0.2, 0) is 26.8 Å². The summed E-state index contributed by atoms with van der Waals surface area (Å²) in [6.45, 7) is 3.62. The molecule has 15 heteroatoms. The largest absolute Gasteiger partial charge is 0.494 e. The summed E-state index contributed by atoms with van der Waals surface area (Å²) in [5, 5.41) is 2.62. The van der Waals surface area contributed by atoms with Crippen molar-refractivity contribution in [3.63, 3.8) is 0 Å². The van der Waals surface area contributed by atoms with Crippen molar-refractivity contribution in [2.75, 3.05) is 29.1 Å². The zero-order chi connectivity index (χ0) is 28.5. The number of rotatable bonds is 9. The van der Waals surface area contributed by atoms with Crippen LogP contribution < -0.4 is 21.5 Å². The van der Waals surface area contributed by atoms with Gasteiger partial charge in [-0.05, 0) is 69.2 Å². The summed E-state index contributed by atoms with van der Waals surface area (Å²) in [5.74, 6) is 0.346. The number of nitrogen functional groups attached to an aromatic ring is 2. The van der Waals surface area contributed by atoms with E-state index in [1.165, 1.54) is 19.1 Å². The molecule has 0 fully saturated rings. The number of nitrogens with zero attached hydrogens (tertiary/aromatic N) is 2. The van der Waals surface area contributed by atoms with Gasteiger partial charge in [-0.15, -0.1) is 3.89 Å². The van der Waals surface area contributed by atoms with E-state index in [9.17, 15) is 25.5 Å². The fourth-order valence-electron chi connectivity index (χ4n) is 3.02. The zero-order valence-electron chi connectivity index (χ0n) is 20.6. The fourth-order valence-corrected chi connectivity index (χ4v) is 3.52. The second-order valence-electron chi connectivity index (χ2n) is 7.80. The smallest absolute Gasteiger partial charge is 0.332 e. The van der Waals surface area contributed by atoms with E-state index in [1.807, 2.05) is 6.92 Å². The average Bonchev–Trinajstić information content (AvgIpc) is 2.83. The molecule has 38 heavy (non-hydrogen) atoms. The molecule has 1 amide bonds. The molecule has 0 bridgehead atoms. The van der Waals surface area contributed by atoms with E-state index < -0.39 is 31.1 Å². The lowest BCUT2D eigenvalue weighted by molar-refractivity contribution is 0.102. The number of aryl methyl sites for hydroxylation is 1. The van der Waals surface area contributed by atoms with Crippen LogP contribution in [0.25, 0.3) is 0 Å². The van der Waals surface area contributed by atoms with Crippen molar-refractivity contribution in [1.82, 2.24) is 9.97 Å². The highest BCUT2D eigenvalue weighted by Gasteiger charge is 2.15. The number of amides is 1. The average molecular weight is 570 g/mol. The van der Waals surface area contributed by atoms with E-state index in [2.05, 4.69) is 15.3 Å². The Morgan fingerprint density at radius 1 is 1.08 bits per heavy atom. The Kier molecular flexibility index (Phi) is 10.5. The van der Waals surface area contributed by atoms with E-state index in [0.717, 1.165) is 23.4 Å². The molecule has 1 aromatic heterocycles. The molecule has 0 atom stereocenters. The maximum absolute atomic E-state index is 13.1. The summed E-state index contributed by atoms with van der Waals surface area (Å²) in [5.41, 5.74) is 13.5. The predicted molar refractivity (Wildman–Crippen MR) is 141 cm³/mol. The molecule has 1 heterocycles. The topological polar surface area (TPSA) is 205 Å². The van der Waals surface area contributed by atoms with Gasteiger partial charge in [0.1, 0.15) is 11.6 Å². The second kappa shape index (κ2) is 13.1. The minimum absolute atomic E-state index is 0.0188. The van der Waals surface area contributed by atoms with E-state index >= 15 is 0 Å². The van der Waals surface area contributed by atoms with Gasteiger partial charge in [0.2, 0.25) is 5.95 Å². The maximum Gasteiger partial charge on any atom is 0.332 e. The molecular formula is C23H28FN5O7S2. The van der Waals surface area contributed by atoms with Crippen molar-refractivity contribution in [2.24, 2.45) is 0 Å². The van der Waals surface area contributed by atoms with Crippen LogP contribution in [0.1, 0.15) is 35.0 Å². The molecule has 3 rings (SSSR count). The van der Waals surface area contributed by atoms with Gasteiger partial charge >= 0.3 is 10.2 Å². The molecular weight excluding hydrogens is 541 g/mol. The number of carbonyl (C=O) groups excluding carboxylic acids is 1. The van der Waals surface area contributed by atoms with Gasteiger partial charge in [0.25, 0.3) is 16.0 Å². The van der Waals surface area contributed by atoms with Crippen LogP contribution in [0.15, 0.2) is 53.4 Å². The van der Waals surface area contributed by atoms with Gasteiger partial charge in [0.15, 0.2) is 0 Å². The number of hydrogen-bond acceptors (Lipinski definition) is 10. The summed E-state index contributed by atoms with van der Waals surface area (Å²) in [6, 6.07) is 11.4. The van der Waals surface area contributed by atoms with Gasteiger partial charge in [-0.2, -0.15) is 21.8 Å². The number of hydrogen-bond donors (Lipinski definition) is 4. The third-order valence-electron chi connectivity index (χ3n) is 4.96. The quantitative estimate of drug-likeness (QED) is 0.167. The van der Waals surface area contributed by atoms with Gasteiger partial charge in [-0.3, -0.25) is 9.35 Å². The summed E-state index contributed by atoms with van der Waals surface area (Å²) in [4.78, 5) is 19.8. The predicted octanol–water partition coefficient (Wildman–Crippen LogP) is 2.77. The first kappa shape index (κ1) is 30.4. The fraction of sp³-hybridized carbons (Fsp3) is 0.261. The molecule has 3 aromatic rings. The van der Waals surface area contributed by atoms with Crippen molar-refractivity contribution in [3.05, 3.63) is 65.4 Å². The molecule has 0 unspecified atom stereocenters. The zero-order valence-corrected chi connectivity index (χ0v) is 22.2. The second-order valence-corrected chi connectivity index (χ2v) is 10.9. The number of anilines is 3. The van der Waals surface area contributed by atoms with Crippen molar-refractivity contribution in [3.8, 4) is 5.75 Å². The maximum atomic E-state index is 13.1. The number of aromatic nitrogens is 2. The van der Waals surface area contributed by atoms with Crippen LogP contribution in [0.5, 0.6) is 5.75 Å². The standard InChI is InChI=1S/C21H22FN5O4S.C2H6O3S/c1-13-18(19(23)27-21(24)25-13)6-3-11-31-16-9-7-15(8-10-16)26-20(28)14-4-2-5-17(12-14)32(22,29)30;1-2-6(3,4)5/h2,4-5,7-10,12H,3,6,11H2,1H3,(H,26,28)(H4,23,24,25,27);2H2,1H3,(H,3,4,5). The molecule has 12 nitrogen and oxygen atoms in total. The summed E-state index contributed by atoms with van der Waals surface area (Å²) >= 11 is 0. The normalized spacial score (nSPS) is 11.3. The highest BCUT2D eigenvalue weighted by atomic mass is 32.3. The monoisotopic (exact) mass is 569 g/mol. The summed E-state index contributed by atoms with van der Waals surface area (Å²) in [7, 11) is -8.55. The number of nitrogens with one attached hydrogen (secondary N) is 1. The molecule has 0 aliphatic rings. The highest BCUT2D eigenvalue weighted by Crippen LogP contribution is 2.20. The van der Waals surface area contributed by atoms with E-state index in [4.69, 9.17) is 20.8 Å². The third-order valence-corrected chi connectivity index (χ3v) is 6.50. The number of benzene rings is 2. The Morgan fingerprint density at radius 2 is 1.71 bits per heavy atom. The van der Waals surface area contributed by atoms with Gasteiger partial charge in [-0.25, -0.2) is 4.98 Å². The minimum atomic E-state index is -4.89. The Morgan fingerprint density at radius 3 is 2.26 bits per heavy atom. The van der Waals surface area contributed by atoms with Crippen molar-refractivity contribution < 1.29 is 34.8 Å². The SMILES string of the molecule is CCS(=O)(=O)O.Cc1nc(N)nc(N)c1CCCOc1ccc(NC(=O)c2cccc(S(=O)(=O)F)c2)cc1. The van der Waals surface area contributed by atoms with E-state index in [1.54, 1.807) is 24.3 Å². The molecule has 206 valence electrons. The summed E-state index contributed by atoms with van der Waals surface area (Å²) < 4.78 is 67.8. The number of ether oxygens (including phenoxy) is 1. The van der Waals surface area contributed by atoms with Crippen LogP contribution in [0.3, 0.4) is 0 Å². The van der Waals surface area contributed by atoms with E-state index in [-0.39, 0.29) is 17.3 Å². The van der Waals surface area contributed by atoms with Crippen molar-refractivity contribution >= 4 is 43.7 Å². The Bertz CT molecular complexity index is 1460. The molecule has 0 radical (unpaired) electrons. The molecule has 0 spiro atoms. The Labute approximate surface area is 220 Å². The first-order chi connectivity index (χ1) is 17.7. The number of carbonyl (C=O) groups is 1. The Hall–Kier alpha value is -3.82. The van der Waals surface area contributed by atoms with Crippen LogP contribution >= 0.6 is 0 Å². The first-order valence-corrected chi connectivity index (χ1v) is 14.1. The lowest BCUT2D eigenvalue weighted by Gasteiger charge is -2.10. The minimum Gasteiger partial charge on any atom is -0.494 e. The van der Waals surface area contributed by atoms with Crippen LogP contribution in [0.4, 0.5) is 21.3 Å². The van der Waals surface area contributed by atoms with Gasteiger partial charge < -0.3 is 21.5 Å². The van der Waals surface area contributed by atoms with Crippen molar-refractivity contribution in [1.29, 1.82) is 0 Å². The molecule has 0 saturated carbocycles. The molecule has 0 aliphatic heterocycles. The van der Waals surface area contributed by atoms with Crippen LogP contribution in [-0.4, -0.2) is 49.6 Å². The molecule has 0 aliphatic carbocycles. The Balaban J connectivity index is 0.000000757. The van der Waals surface area contributed by atoms with Crippen LogP contribution in [0, 0.1) is 6.92 Å². The molecule has 6 N–H and O–H groups in total. The van der Waals surface area contributed by atoms with Gasteiger partial charge in [0, 0.05) is 22.5 Å². The first-order valence-electron chi connectivity index (χ1n) is 11.1. The highest BCUT2D eigenvalue weighted by molar-refractivity contribution is 7.86. The van der Waals surface area contributed by atoms with Gasteiger partial charge in [-0.1, -0.05) is 6.07 Å². The van der Waals surface area contributed by atoms with Gasteiger partial charge in [0.05, 0.1) is 17.3 Å². The lowest BCUT2D eigenvalue weighted by Crippen LogP contribution is -2.12. The van der Waals surface area contributed by atoms with Crippen molar-refractivity contribution in [2.45, 2.75) is 31.6 Å². The lowest BCUT2D eigenvalue weighted by atomic mass is 10.1. The summed E-state index contributed by atoms with van der Waals surface area (Å²) in [6.07, 6.45) is 1.32. The third kappa shape index (κ3) is 9.91. The molecule has 2 aromatic carbocycles. The van der Waals surface area contributed by atoms with E-state index in [0.29, 0.717) is 36.7 Å². The molecule has 0 saturated heterocycles. The number of halogens is 1. The van der Waals surface area contributed by atoms with Crippen LogP contribution in [0.2, 0.25) is 0 Å².